The molecule has 0 spiro atoms. The molecule has 0 bridgehead atoms. The minimum atomic E-state index is 1.18. The van der Waals surface area contributed by atoms with Crippen LogP contribution < -0.4 is 0 Å². The van der Waals surface area contributed by atoms with Crippen molar-refractivity contribution in [1.82, 2.24) is 17.9 Å². The van der Waals surface area contributed by atoms with Gasteiger partial charge in [0.2, 0.25) is 0 Å². The fraction of sp³-hybridized carbons (Fsp3) is 0. The normalized spacial score (nSPS) is 12.8. The maximum absolute atomic E-state index is 2.55. The summed E-state index contributed by atoms with van der Waals surface area (Å²) in [4.78, 5) is 0. The predicted octanol–water partition coefficient (Wildman–Crippen LogP) is 14.2. The van der Waals surface area contributed by atoms with Gasteiger partial charge in [0.15, 0.2) is 0 Å². The fourth-order valence-corrected chi connectivity index (χ4v) is 11.1. The lowest BCUT2D eigenvalue weighted by molar-refractivity contribution is 1.18. The summed E-state index contributed by atoms with van der Waals surface area (Å²) in [6.45, 7) is 0. The third kappa shape index (κ3) is 3.38. The maximum atomic E-state index is 2.55. The van der Waals surface area contributed by atoms with E-state index in [1.165, 1.54) is 131 Å². The SMILES string of the molecule is c1ccc(-n2c3ccccc3c3cc4c(cc32)c2cccc3c5cc6c(cc5n4c23)c2cccc3c4cc5c(cc4n6c32)c2ccccc2n5-c2ccccc2)cc1. The van der Waals surface area contributed by atoms with Crippen LogP contribution >= 0.6 is 0 Å². The van der Waals surface area contributed by atoms with Gasteiger partial charge in [-0.25, -0.2) is 0 Å². The van der Waals surface area contributed by atoms with E-state index in [4.69, 9.17) is 0 Å². The molecule has 0 radical (unpaired) electrons. The molecule has 4 nitrogen and oxygen atoms in total. The molecule has 266 valence electrons. The zero-order valence-electron chi connectivity index (χ0n) is 31.1. The van der Waals surface area contributed by atoms with Crippen LogP contribution in [0.5, 0.6) is 0 Å². The van der Waals surface area contributed by atoms with Crippen molar-refractivity contribution in [2.75, 3.05) is 0 Å². The Morgan fingerprint density at radius 3 is 0.879 bits per heavy atom. The van der Waals surface area contributed by atoms with Crippen molar-refractivity contribution in [3.8, 4) is 11.4 Å². The van der Waals surface area contributed by atoms with Gasteiger partial charge in [-0.2, -0.15) is 0 Å². The number of rotatable bonds is 2. The number of para-hydroxylation sites is 6. The summed E-state index contributed by atoms with van der Waals surface area (Å²) in [6, 6.07) is 67.7. The van der Waals surface area contributed by atoms with Crippen LogP contribution in [0, 0.1) is 0 Å². The number of aromatic nitrogens is 4. The van der Waals surface area contributed by atoms with E-state index in [2.05, 4.69) is 200 Å². The first-order chi connectivity index (χ1) is 28.8. The minimum Gasteiger partial charge on any atom is -0.309 e. The Morgan fingerprint density at radius 2 is 0.500 bits per heavy atom. The molecule has 15 rings (SSSR count). The van der Waals surface area contributed by atoms with Crippen LogP contribution in [-0.2, 0) is 0 Å². The van der Waals surface area contributed by atoms with E-state index in [-0.39, 0.29) is 0 Å². The predicted molar refractivity (Wildman–Crippen MR) is 244 cm³/mol. The largest absolute Gasteiger partial charge is 0.309 e. The van der Waals surface area contributed by atoms with E-state index in [9.17, 15) is 0 Å². The molecule has 0 amide bonds. The molecule has 0 saturated heterocycles. The number of nitrogens with zero attached hydrogens (tertiary/aromatic N) is 4. The molecule has 0 aliphatic heterocycles. The van der Waals surface area contributed by atoms with E-state index in [1.54, 1.807) is 0 Å². The third-order valence-corrected chi connectivity index (χ3v) is 13.4. The van der Waals surface area contributed by atoms with Crippen LogP contribution in [0.1, 0.15) is 0 Å². The molecule has 58 heavy (non-hydrogen) atoms. The lowest BCUT2D eigenvalue weighted by Crippen LogP contribution is -1.93. The summed E-state index contributed by atoms with van der Waals surface area (Å²) in [5.41, 5.74) is 14.9. The van der Waals surface area contributed by atoms with Crippen LogP contribution in [0.25, 0.3) is 131 Å². The molecule has 6 aromatic heterocycles. The Kier molecular flexibility index (Phi) is 5.14. The molecule has 9 aromatic carbocycles. The summed E-state index contributed by atoms with van der Waals surface area (Å²) in [6.07, 6.45) is 0. The smallest absolute Gasteiger partial charge is 0.0620 e. The van der Waals surface area contributed by atoms with Gasteiger partial charge in [0, 0.05) is 76.0 Å². The molecule has 0 N–H and O–H groups in total. The topological polar surface area (TPSA) is 18.7 Å². The summed E-state index contributed by atoms with van der Waals surface area (Å²) in [5, 5.41) is 15.4. The molecular formula is C54H30N4. The van der Waals surface area contributed by atoms with Crippen molar-refractivity contribution >= 4 is 120 Å². The van der Waals surface area contributed by atoms with E-state index >= 15 is 0 Å². The zero-order valence-corrected chi connectivity index (χ0v) is 31.1. The Morgan fingerprint density at radius 1 is 0.207 bits per heavy atom. The van der Waals surface area contributed by atoms with Gasteiger partial charge < -0.3 is 17.9 Å². The summed E-state index contributed by atoms with van der Waals surface area (Å²) in [7, 11) is 0. The first-order valence-electron chi connectivity index (χ1n) is 20.1. The highest BCUT2D eigenvalue weighted by atomic mass is 15.0. The average Bonchev–Trinajstić information content (AvgIpc) is 4.10. The average molecular weight is 735 g/mol. The molecule has 0 saturated carbocycles. The van der Waals surface area contributed by atoms with Gasteiger partial charge in [-0.1, -0.05) is 109 Å². The Bertz CT molecular complexity index is 3960. The van der Waals surface area contributed by atoms with Gasteiger partial charge in [0.25, 0.3) is 0 Å². The van der Waals surface area contributed by atoms with Gasteiger partial charge in [-0.15, -0.1) is 0 Å². The molecular weight excluding hydrogens is 705 g/mol. The zero-order chi connectivity index (χ0) is 37.4. The highest BCUT2D eigenvalue weighted by Gasteiger charge is 2.25. The van der Waals surface area contributed by atoms with E-state index in [0.29, 0.717) is 0 Å². The van der Waals surface area contributed by atoms with Gasteiger partial charge >= 0.3 is 0 Å². The van der Waals surface area contributed by atoms with Gasteiger partial charge in [-0.05, 0) is 72.8 Å². The lowest BCUT2D eigenvalue weighted by Gasteiger charge is -2.08. The second-order valence-electron chi connectivity index (χ2n) is 16.1. The maximum Gasteiger partial charge on any atom is 0.0620 e. The molecule has 0 atom stereocenters. The highest BCUT2D eigenvalue weighted by Crippen LogP contribution is 2.47. The van der Waals surface area contributed by atoms with E-state index < -0.39 is 0 Å². The second kappa shape index (κ2) is 10.1. The molecule has 0 unspecified atom stereocenters. The van der Waals surface area contributed by atoms with Gasteiger partial charge in [0.1, 0.15) is 0 Å². The summed E-state index contributed by atoms with van der Waals surface area (Å²) in [5.74, 6) is 0. The fourth-order valence-electron chi connectivity index (χ4n) is 11.1. The standard InChI is InChI=1S/C54H30N4/c1-3-13-31(14-4-1)55-45-23-9-7-17-33(45)39-25-49-41(27-47(39)55)35-19-11-21-37-43-30-52-44(29-51(43)57(49)53(35)37)38-22-12-20-36-42-28-48-40(26-50(42)58(52)54(36)38)34-18-8-10-24-46(34)56(48)32-15-5-2-6-16-32/h1-30H. The first kappa shape index (κ1) is 29.5. The van der Waals surface area contributed by atoms with Crippen molar-refractivity contribution < 1.29 is 0 Å². The van der Waals surface area contributed by atoms with E-state index in [0.717, 1.165) is 0 Å². The molecule has 0 aliphatic carbocycles. The molecule has 0 fully saturated rings. The summed E-state index contributed by atoms with van der Waals surface area (Å²) >= 11 is 0. The van der Waals surface area contributed by atoms with Crippen LogP contribution in [0.3, 0.4) is 0 Å². The molecule has 6 heterocycles. The number of benzene rings is 9. The third-order valence-electron chi connectivity index (χ3n) is 13.4. The Balaban J connectivity index is 1.07. The molecule has 4 heteroatoms. The van der Waals surface area contributed by atoms with Crippen molar-refractivity contribution in [3.63, 3.8) is 0 Å². The second-order valence-corrected chi connectivity index (χ2v) is 16.1. The molecule has 15 aromatic rings. The van der Waals surface area contributed by atoms with Crippen molar-refractivity contribution in [1.29, 1.82) is 0 Å². The monoisotopic (exact) mass is 734 g/mol. The van der Waals surface area contributed by atoms with Crippen LogP contribution in [-0.4, -0.2) is 17.9 Å². The van der Waals surface area contributed by atoms with Gasteiger partial charge in [0.05, 0.1) is 55.2 Å². The van der Waals surface area contributed by atoms with Crippen molar-refractivity contribution in [3.05, 3.63) is 182 Å². The van der Waals surface area contributed by atoms with Crippen LogP contribution in [0.4, 0.5) is 0 Å². The van der Waals surface area contributed by atoms with Crippen molar-refractivity contribution in [2.24, 2.45) is 0 Å². The Hall–Kier alpha value is -7.82. The lowest BCUT2D eigenvalue weighted by atomic mass is 10.0. The van der Waals surface area contributed by atoms with Crippen LogP contribution in [0.2, 0.25) is 0 Å². The highest BCUT2D eigenvalue weighted by molar-refractivity contribution is 6.31. The quantitative estimate of drug-likeness (QED) is 0.168. The number of hydrogen-bond acceptors (Lipinski definition) is 0. The first-order valence-corrected chi connectivity index (χ1v) is 20.1. The van der Waals surface area contributed by atoms with Crippen molar-refractivity contribution in [2.45, 2.75) is 0 Å². The minimum absolute atomic E-state index is 1.18. The van der Waals surface area contributed by atoms with Crippen LogP contribution in [0.15, 0.2) is 182 Å². The molecule has 0 aliphatic rings. The summed E-state index contributed by atoms with van der Waals surface area (Å²) < 4.78 is 9.96. The van der Waals surface area contributed by atoms with E-state index in [1.807, 2.05) is 0 Å². The number of fused-ring (bicyclic) bond motifs is 18. The Labute approximate surface area is 329 Å². The van der Waals surface area contributed by atoms with Gasteiger partial charge in [-0.3, -0.25) is 0 Å². The number of hydrogen-bond donors (Lipinski definition) is 0.